The molecule has 0 saturated heterocycles. The van der Waals surface area contributed by atoms with Crippen LogP contribution in [0.4, 0.5) is 0 Å². The van der Waals surface area contributed by atoms with Crippen molar-refractivity contribution in [2.45, 2.75) is 11.9 Å². The highest BCUT2D eigenvalue weighted by atomic mass is 79.9. The number of halogens is 2. The Hall–Kier alpha value is 0.270. The molecule has 4 heteroatoms. The zero-order valence-corrected chi connectivity index (χ0v) is 10.5. The predicted octanol–water partition coefficient (Wildman–Crippen LogP) is 3.81. The molecule has 0 N–H and O–H groups in total. The molecule has 1 rings (SSSR count). The Morgan fingerprint density at radius 3 is 3.08 bits per heavy atom. The third-order valence-electron chi connectivity index (χ3n) is 1.49. The number of hydrogen-bond acceptors (Lipinski definition) is 2. The Morgan fingerprint density at radius 1 is 1.69 bits per heavy atom. The van der Waals surface area contributed by atoms with Gasteiger partial charge in [-0.05, 0) is 34.0 Å². The topological polar surface area (TPSA) is 12.9 Å². The smallest absolute Gasteiger partial charge is 0.110 e. The van der Waals surface area contributed by atoms with Crippen LogP contribution in [0.15, 0.2) is 27.8 Å². The average Bonchev–Trinajstić information content (AvgIpc) is 2.16. The number of aromatic nitrogens is 1. The van der Waals surface area contributed by atoms with Crippen molar-refractivity contribution in [2.24, 2.45) is 5.92 Å². The first-order valence-electron chi connectivity index (χ1n) is 4.03. The minimum Gasteiger partial charge on any atom is -0.249 e. The number of pyridine rings is 1. The zero-order chi connectivity index (χ0) is 9.68. The van der Waals surface area contributed by atoms with E-state index in [9.17, 15) is 0 Å². The molecule has 0 aromatic carbocycles. The molecule has 72 valence electrons. The molecule has 1 nitrogen and oxygen atoms in total. The van der Waals surface area contributed by atoms with E-state index in [1.54, 1.807) is 18.0 Å². The summed E-state index contributed by atoms with van der Waals surface area (Å²) in [7, 11) is 0. The molecular formula is C9H11BrClNS. The van der Waals surface area contributed by atoms with Crippen LogP contribution >= 0.6 is 39.3 Å². The minimum atomic E-state index is 0.528. The fourth-order valence-electron chi connectivity index (χ4n) is 0.743. The lowest BCUT2D eigenvalue weighted by molar-refractivity contribution is 0.758. The van der Waals surface area contributed by atoms with Gasteiger partial charge in [-0.1, -0.05) is 6.92 Å². The van der Waals surface area contributed by atoms with Gasteiger partial charge in [-0.2, -0.15) is 0 Å². The van der Waals surface area contributed by atoms with Gasteiger partial charge in [0.15, 0.2) is 0 Å². The monoisotopic (exact) mass is 279 g/mol. The van der Waals surface area contributed by atoms with Crippen molar-refractivity contribution < 1.29 is 0 Å². The summed E-state index contributed by atoms with van der Waals surface area (Å²) in [5.41, 5.74) is 0. The van der Waals surface area contributed by atoms with Gasteiger partial charge >= 0.3 is 0 Å². The summed E-state index contributed by atoms with van der Waals surface area (Å²) in [6.07, 6.45) is 1.80. The maximum Gasteiger partial charge on any atom is 0.110 e. The molecule has 0 aliphatic rings. The summed E-state index contributed by atoms with van der Waals surface area (Å²) in [6.45, 7) is 2.14. The lowest BCUT2D eigenvalue weighted by Gasteiger charge is -2.06. The largest absolute Gasteiger partial charge is 0.249 e. The van der Waals surface area contributed by atoms with E-state index >= 15 is 0 Å². The fraction of sp³-hybridized carbons (Fsp3) is 0.444. The SMILES string of the molecule is CC(CCl)CSc1ncccc1Br. The third kappa shape index (κ3) is 3.88. The van der Waals surface area contributed by atoms with E-state index in [2.05, 4.69) is 27.8 Å². The summed E-state index contributed by atoms with van der Waals surface area (Å²) in [5.74, 6) is 2.25. The normalized spacial score (nSPS) is 12.8. The average molecular weight is 281 g/mol. The first-order chi connectivity index (χ1) is 6.24. The van der Waals surface area contributed by atoms with Gasteiger partial charge in [-0.3, -0.25) is 0 Å². The summed E-state index contributed by atoms with van der Waals surface area (Å²) in [6, 6.07) is 3.92. The molecule has 0 fully saturated rings. The molecule has 1 heterocycles. The second kappa shape index (κ2) is 5.89. The van der Waals surface area contributed by atoms with Crippen molar-refractivity contribution in [1.29, 1.82) is 0 Å². The molecule has 1 atom stereocenters. The molecule has 0 radical (unpaired) electrons. The van der Waals surface area contributed by atoms with E-state index in [1.165, 1.54) is 0 Å². The van der Waals surface area contributed by atoms with Gasteiger partial charge in [0.2, 0.25) is 0 Å². The van der Waals surface area contributed by atoms with Gasteiger partial charge < -0.3 is 0 Å². The van der Waals surface area contributed by atoms with Gasteiger partial charge in [0, 0.05) is 22.3 Å². The Bertz CT molecular complexity index is 270. The van der Waals surface area contributed by atoms with Crippen LogP contribution in [-0.4, -0.2) is 16.6 Å². The lowest BCUT2D eigenvalue weighted by Crippen LogP contribution is -1.99. The molecule has 0 spiro atoms. The first-order valence-corrected chi connectivity index (χ1v) is 6.34. The Morgan fingerprint density at radius 2 is 2.46 bits per heavy atom. The number of thioether (sulfide) groups is 1. The number of hydrogen-bond donors (Lipinski definition) is 0. The third-order valence-corrected chi connectivity index (χ3v) is 4.26. The molecule has 1 unspecified atom stereocenters. The van der Waals surface area contributed by atoms with Crippen molar-refractivity contribution >= 4 is 39.3 Å². The van der Waals surface area contributed by atoms with E-state index in [0.717, 1.165) is 15.3 Å². The number of rotatable bonds is 4. The zero-order valence-electron chi connectivity index (χ0n) is 7.34. The summed E-state index contributed by atoms with van der Waals surface area (Å²) in [5, 5.41) is 1.04. The first kappa shape index (κ1) is 11.3. The maximum absolute atomic E-state index is 5.71. The molecule has 0 aliphatic heterocycles. The van der Waals surface area contributed by atoms with Gasteiger partial charge in [-0.15, -0.1) is 23.4 Å². The van der Waals surface area contributed by atoms with Gasteiger partial charge in [0.05, 0.1) is 0 Å². The molecule has 0 bridgehead atoms. The van der Waals surface area contributed by atoms with Crippen LogP contribution in [0.25, 0.3) is 0 Å². The van der Waals surface area contributed by atoms with Crippen molar-refractivity contribution in [2.75, 3.05) is 11.6 Å². The molecular weight excluding hydrogens is 270 g/mol. The molecule has 0 saturated carbocycles. The minimum absolute atomic E-state index is 0.528. The van der Waals surface area contributed by atoms with E-state index < -0.39 is 0 Å². The Balaban J connectivity index is 2.50. The predicted molar refractivity (Wildman–Crippen MR) is 62.5 cm³/mol. The van der Waals surface area contributed by atoms with Gasteiger partial charge in [0.25, 0.3) is 0 Å². The highest BCUT2D eigenvalue weighted by molar-refractivity contribution is 9.10. The second-order valence-corrected chi connectivity index (χ2v) is 5.03. The molecule has 0 aliphatic carbocycles. The van der Waals surface area contributed by atoms with Gasteiger partial charge in [0.1, 0.15) is 5.03 Å². The van der Waals surface area contributed by atoms with Crippen LogP contribution in [0.2, 0.25) is 0 Å². The lowest BCUT2D eigenvalue weighted by atomic mass is 10.3. The molecule has 13 heavy (non-hydrogen) atoms. The summed E-state index contributed by atoms with van der Waals surface area (Å²) >= 11 is 10.9. The van der Waals surface area contributed by atoms with E-state index in [1.807, 2.05) is 12.1 Å². The molecule has 1 aromatic rings. The van der Waals surface area contributed by atoms with E-state index in [0.29, 0.717) is 11.8 Å². The number of alkyl halides is 1. The maximum atomic E-state index is 5.71. The van der Waals surface area contributed by atoms with Crippen LogP contribution in [0.1, 0.15) is 6.92 Å². The summed E-state index contributed by atoms with van der Waals surface area (Å²) in [4.78, 5) is 4.26. The Kier molecular flexibility index (Phi) is 5.14. The fourth-order valence-corrected chi connectivity index (χ4v) is 2.48. The van der Waals surface area contributed by atoms with Crippen molar-refractivity contribution in [1.82, 2.24) is 4.98 Å². The summed E-state index contributed by atoms with van der Waals surface area (Å²) < 4.78 is 1.06. The van der Waals surface area contributed by atoms with Crippen molar-refractivity contribution in [3.63, 3.8) is 0 Å². The highest BCUT2D eigenvalue weighted by Crippen LogP contribution is 2.26. The van der Waals surface area contributed by atoms with Crippen LogP contribution in [-0.2, 0) is 0 Å². The van der Waals surface area contributed by atoms with E-state index in [4.69, 9.17) is 11.6 Å². The number of nitrogens with zero attached hydrogens (tertiary/aromatic N) is 1. The van der Waals surface area contributed by atoms with Crippen molar-refractivity contribution in [3.05, 3.63) is 22.8 Å². The van der Waals surface area contributed by atoms with Crippen LogP contribution < -0.4 is 0 Å². The Labute approximate surface area is 96.4 Å². The second-order valence-electron chi connectivity index (χ2n) is 2.86. The van der Waals surface area contributed by atoms with Crippen LogP contribution in [0.5, 0.6) is 0 Å². The molecule has 1 aromatic heterocycles. The standard InChI is InChI=1S/C9H11BrClNS/c1-7(5-11)6-13-9-8(10)3-2-4-12-9/h2-4,7H,5-6H2,1H3. The van der Waals surface area contributed by atoms with Crippen molar-refractivity contribution in [3.8, 4) is 0 Å². The highest BCUT2D eigenvalue weighted by Gasteiger charge is 2.04. The van der Waals surface area contributed by atoms with Crippen LogP contribution in [0.3, 0.4) is 0 Å². The van der Waals surface area contributed by atoms with Gasteiger partial charge in [-0.25, -0.2) is 4.98 Å². The van der Waals surface area contributed by atoms with Crippen LogP contribution in [0, 0.1) is 5.92 Å². The molecule has 0 amide bonds. The van der Waals surface area contributed by atoms with E-state index in [-0.39, 0.29) is 0 Å². The quantitative estimate of drug-likeness (QED) is 0.614.